The SMILES string of the molecule is CC(=O)Cc1ccc(CC(=O)c2ccccc2C(=O)O)cc1.CC(O)Cc1ccc(CC(=O)c2ccccc2C(=O)O)cc1.CCC(C)(C)c1ccc(CC(=O)c2ccccc2C(=O)O)cc1.CCCc1ccccc1CC(=O)c1ccccc1C(=O)O.CN=C(C)c1cccc(CC(=O)c2ccccc2C(=O)O)c1.CON=C(C)c1cccc(CC(=O)c2ccccc2C(=O)O)c1. The molecule has 0 saturated heterocycles. The molecule has 23 nitrogen and oxygen atoms in total. The fourth-order valence-electron chi connectivity index (χ4n) is 14.0. The molecule has 12 aromatic carbocycles. The number of ketones is 7. The average Bonchev–Trinajstić information content (AvgIpc) is 0.818. The van der Waals surface area contributed by atoms with E-state index in [-0.39, 0.29) is 151 Å². The molecule has 133 heavy (non-hydrogen) atoms. The van der Waals surface area contributed by atoms with Crippen LogP contribution < -0.4 is 0 Å². The van der Waals surface area contributed by atoms with Crippen LogP contribution in [0.1, 0.15) is 259 Å². The number of hydrogen-bond acceptors (Lipinski definition) is 17. The summed E-state index contributed by atoms with van der Waals surface area (Å²) in [5.41, 5.74) is 14.5. The molecule has 0 aromatic heterocycles. The van der Waals surface area contributed by atoms with E-state index in [1.165, 1.54) is 74.2 Å². The van der Waals surface area contributed by atoms with Crippen molar-refractivity contribution in [3.63, 3.8) is 0 Å². The van der Waals surface area contributed by atoms with E-state index in [9.17, 15) is 77.6 Å². The standard InChI is InChI=1S/C20H22O3.C18H17NO4.C18H17NO3.C18H18O4.C18H16O4.C18H18O3/c1-4-20(2,3)15-11-9-14(10-12-15)13-18(21)16-7-5-6-8-17(16)19(22)23;1-12(19-23-2)14-7-5-6-13(10-14)11-17(20)15-8-3-4-9-16(15)18(21)22;1-12(19-2)14-7-5-6-13(10-14)11-17(20)15-8-3-4-9-16(15)18(21)22;2*1-12(19)10-13-6-8-14(9-7-13)11-17(20)15-4-2-3-5-16(15)18(21)22;1-2-7-13-8-3-4-9-14(13)12-17(19)15-10-5-6-11-16(15)18(20)21/h5-12H,4,13H2,1-3H3,(H,22,23);3-10H,11H2,1-2H3,(H,21,22);3-10H,11H2,1-2H3,(H,21,22);2-9,12,19H,10-11H2,1H3,(H,21,22);2-9H,10-11H2,1H3,(H,21,22);3-6,8-11H,2,7,12H2,1H3,(H,20,21). The van der Waals surface area contributed by atoms with Crippen LogP contribution in [0, 0.1) is 0 Å². The van der Waals surface area contributed by atoms with Gasteiger partial charge in [-0.1, -0.05) is 282 Å². The lowest BCUT2D eigenvalue weighted by molar-refractivity contribution is -0.116. The first-order valence-corrected chi connectivity index (χ1v) is 42.8. The van der Waals surface area contributed by atoms with Crippen molar-refractivity contribution in [2.45, 2.75) is 138 Å². The van der Waals surface area contributed by atoms with Gasteiger partial charge in [0.05, 0.1) is 45.2 Å². The van der Waals surface area contributed by atoms with Crippen LogP contribution in [0.15, 0.2) is 301 Å². The molecule has 0 fully saturated rings. The second-order valence-electron chi connectivity index (χ2n) is 31.8. The molecule has 0 heterocycles. The van der Waals surface area contributed by atoms with Crippen molar-refractivity contribution >= 4 is 87.7 Å². The van der Waals surface area contributed by atoms with Crippen molar-refractivity contribution in [2.24, 2.45) is 10.1 Å². The van der Waals surface area contributed by atoms with E-state index >= 15 is 0 Å². The maximum atomic E-state index is 12.4. The second-order valence-corrected chi connectivity index (χ2v) is 31.8. The van der Waals surface area contributed by atoms with Crippen molar-refractivity contribution in [2.75, 3.05) is 14.2 Å². The largest absolute Gasteiger partial charge is 0.478 e. The Kier molecular flexibility index (Phi) is 40.8. The number of aliphatic imine (C=N–C) groups is 1. The zero-order chi connectivity index (χ0) is 97.4. The summed E-state index contributed by atoms with van der Waals surface area (Å²) in [6.07, 6.45) is 4.51. The molecule has 0 saturated carbocycles. The highest BCUT2D eigenvalue weighted by Gasteiger charge is 2.25. The summed E-state index contributed by atoms with van der Waals surface area (Å²) in [6.45, 7) is 15.6. The summed E-state index contributed by atoms with van der Waals surface area (Å²) in [6, 6.07) is 83.0. The number of carboxylic acid groups (broad SMARTS) is 6. The van der Waals surface area contributed by atoms with Crippen LogP contribution in [0.4, 0.5) is 0 Å². The predicted molar refractivity (Wildman–Crippen MR) is 512 cm³/mol. The molecular weight excluding hydrogens is 1690 g/mol. The second kappa shape index (κ2) is 52.0. The minimum absolute atomic E-state index is 0.0145. The van der Waals surface area contributed by atoms with Gasteiger partial charge in [-0.25, -0.2) is 28.8 Å². The highest BCUT2D eigenvalue weighted by molar-refractivity contribution is 6.11. The number of hydrogen-bond donors (Lipinski definition) is 7. The Morgan fingerprint density at radius 3 is 0.857 bits per heavy atom. The van der Waals surface area contributed by atoms with Gasteiger partial charge in [-0.05, 0) is 168 Å². The van der Waals surface area contributed by atoms with Crippen molar-refractivity contribution in [3.05, 3.63) is 425 Å². The fraction of sp³-hybridized carbons (Fsp3) is 0.209. The fourth-order valence-corrected chi connectivity index (χ4v) is 14.0. The van der Waals surface area contributed by atoms with Crippen molar-refractivity contribution < 1.29 is 103 Å². The molecule has 0 spiro atoms. The van der Waals surface area contributed by atoms with Crippen molar-refractivity contribution in [3.8, 4) is 0 Å². The van der Waals surface area contributed by atoms with Gasteiger partial charge in [-0.15, -0.1) is 0 Å². The molecule has 12 aromatic rings. The highest BCUT2D eigenvalue weighted by atomic mass is 16.6. The summed E-state index contributed by atoms with van der Waals surface area (Å²) >= 11 is 0. The van der Waals surface area contributed by atoms with Gasteiger partial charge < -0.3 is 40.6 Å². The number of benzene rings is 12. The number of rotatable bonds is 35. The molecule has 0 aliphatic rings. The number of aliphatic hydroxyl groups excluding tert-OH is 1. The van der Waals surface area contributed by atoms with E-state index in [0.29, 0.717) is 18.6 Å². The van der Waals surface area contributed by atoms with Crippen molar-refractivity contribution in [1.29, 1.82) is 0 Å². The van der Waals surface area contributed by atoms with Crippen LogP contribution in [0.3, 0.4) is 0 Å². The topological polar surface area (TPSA) is 397 Å². The van der Waals surface area contributed by atoms with Crippen LogP contribution in [0.25, 0.3) is 0 Å². The Hall–Kier alpha value is -15.8. The molecule has 12 rings (SSSR count). The number of carbonyl (C=O) groups excluding carboxylic acids is 7. The Labute approximate surface area is 772 Å². The first-order valence-electron chi connectivity index (χ1n) is 42.8. The molecule has 684 valence electrons. The Morgan fingerprint density at radius 2 is 0.579 bits per heavy atom. The van der Waals surface area contributed by atoms with Crippen LogP contribution in [0.5, 0.6) is 0 Å². The van der Waals surface area contributed by atoms with Gasteiger partial charge >= 0.3 is 35.8 Å². The smallest absolute Gasteiger partial charge is 0.336 e. The zero-order valence-corrected chi connectivity index (χ0v) is 75.8. The van der Waals surface area contributed by atoms with Gasteiger partial charge in [0, 0.05) is 91.1 Å². The number of carbonyl (C=O) groups is 13. The number of aromatic carboxylic acids is 6. The number of Topliss-reactive ketones (excluding diaryl/α,β-unsaturated/α-hetero) is 7. The van der Waals surface area contributed by atoms with Gasteiger partial charge in [-0.2, -0.15) is 0 Å². The third-order valence-corrected chi connectivity index (χ3v) is 21.5. The predicted octanol–water partition coefficient (Wildman–Crippen LogP) is 20.4. The van der Waals surface area contributed by atoms with Gasteiger partial charge in [0.2, 0.25) is 0 Å². The average molecular weight is 1790 g/mol. The van der Waals surface area contributed by atoms with Crippen LogP contribution in [-0.4, -0.2) is 144 Å². The minimum Gasteiger partial charge on any atom is -0.478 e. The number of aliphatic hydroxyl groups is 1. The molecular formula is C110H108N2O21. The number of oxime groups is 1. The maximum Gasteiger partial charge on any atom is 0.336 e. The summed E-state index contributed by atoms with van der Waals surface area (Å²) in [4.78, 5) is 161. The molecule has 0 amide bonds. The molecule has 0 aliphatic heterocycles. The maximum absolute atomic E-state index is 12.4. The number of aryl methyl sites for hydroxylation is 1. The van der Waals surface area contributed by atoms with Gasteiger partial charge in [-0.3, -0.25) is 38.6 Å². The molecule has 1 unspecified atom stereocenters. The monoisotopic (exact) mass is 1790 g/mol. The van der Waals surface area contributed by atoms with E-state index in [0.717, 1.165) is 86.2 Å². The number of carboxylic acids is 6. The first kappa shape index (κ1) is 104. The molecule has 0 bridgehead atoms. The third kappa shape index (κ3) is 32.4. The van der Waals surface area contributed by atoms with Crippen LogP contribution in [-0.2, 0) is 72.8 Å². The summed E-state index contributed by atoms with van der Waals surface area (Å²) < 4.78 is 0. The van der Waals surface area contributed by atoms with Crippen LogP contribution >= 0.6 is 0 Å². The quantitative estimate of drug-likeness (QED) is 0.0110. The summed E-state index contributed by atoms with van der Waals surface area (Å²) in [5, 5.41) is 68.1. The van der Waals surface area contributed by atoms with Crippen LogP contribution in [0.2, 0.25) is 0 Å². The Bertz CT molecular complexity index is 6220. The summed E-state index contributed by atoms with van der Waals surface area (Å²) in [7, 11) is 3.19. The van der Waals surface area contributed by atoms with E-state index in [4.69, 9.17) is 25.3 Å². The zero-order valence-electron chi connectivity index (χ0n) is 75.8. The first-order chi connectivity index (χ1) is 63.5. The lowest BCUT2D eigenvalue weighted by atomic mass is 9.82. The molecule has 7 N–H and O–H groups in total. The van der Waals surface area contributed by atoms with E-state index in [2.05, 4.69) is 50.0 Å². The lowest BCUT2D eigenvalue weighted by Crippen LogP contribution is -2.15. The third-order valence-electron chi connectivity index (χ3n) is 21.5. The molecule has 0 radical (unpaired) electrons. The molecule has 0 aliphatic carbocycles. The van der Waals surface area contributed by atoms with Gasteiger partial charge in [0.25, 0.3) is 0 Å². The van der Waals surface area contributed by atoms with Gasteiger partial charge in [0.15, 0.2) is 34.7 Å². The number of nitrogens with zero attached hydrogens (tertiary/aromatic N) is 2. The Morgan fingerprint density at radius 1 is 0.316 bits per heavy atom. The van der Waals surface area contributed by atoms with E-state index < -0.39 is 41.9 Å². The lowest BCUT2D eigenvalue weighted by Gasteiger charge is -2.23. The molecule has 1 atom stereocenters. The highest BCUT2D eigenvalue weighted by Crippen LogP contribution is 2.28. The summed E-state index contributed by atoms with van der Waals surface area (Å²) in [5.74, 6) is -7.70. The minimum atomic E-state index is -1.11. The van der Waals surface area contributed by atoms with Crippen molar-refractivity contribution in [1.82, 2.24) is 0 Å². The normalized spacial score (nSPS) is 11.0. The van der Waals surface area contributed by atoms with E-state index in [1.54, 1.807) is 117 Å². The van der Waals surface area contributed by atoms with Gasteiger partial charge in [0.1, 0.15) is 12.9 Å². The molecule has 23 heteroatoms. The Balaban J connectivity index is 0.000000218. The van der Waals surface area contributed by atoms with E-state index in [1.807, 2.05) is 135 Å².